The zero-order valence-corrected chi connectivity index (χ0v) is 19.3. The van der Waals surface area contributed by atoms with E-state index in [1.807, 2.05) is 18.2 Å². The Kier molecular flexibility index (Phi) is 9.11. The van der Waals surface area contributed by atoms with Gasteiger partial charge in [0.15, 0.2) is 0 Å². The summed E-state index contributed by atoms with van der Waals surface area (Å²) in [4.78, 5) is 18.6. The van der Waals surface area contributed by atoms with Crippen LogP contribution in [0.15, 0.2) is 36.4 Å². The average molecular weight is 424 g/mol. The SMILES string of the molecule is CCCCc1ccc(C(=O)OC)c(-c2ccccc2C)c1CNOCC1CCCCC1. The largest absolute Gasteiger partial charge is 0.465 e. The molecule has 0 aliphatic heterocycles. The lowest BCUT2D eigenvalue weighted by Gasteiger charge is -2.23. The fourth-order valence-corrected chi connectivity index (χ4v) is 4.59. The van der Waals surface area contributed by atoms with Gasteiger partial charge in [-0.2, -0.15) is 5.48 Å². The van der Waals surface area contributed by atoms with Gasteiger partial charge >= 0.3 is 5.97 Å². The summed E-state index contributed by atoms with van der Waals surface area (Å²) < 4.78 is 5.13. The van der Waals surface area contributed by atoms with Crippen LogP contribution < -0.4 is 5.48 Å². The number of rotatable bonds is 10. The molecule has 4 nitrogen and oxygen atoms in total. The minimum Gasteiger partial charge on any atom is -0.465 e. The summed E-state index contributed by atoms with van der Waals surface area (Å²) >= 11 is 0. The summed E-state index contributed by atoms with van der Waals surface area (Å²) in [5.41, 5.74) is 9.42. The Balaban J connectivity index is 1.92. The van der Waals surface area contributed by atoms with Crippen LogP contribution in [0.1, 0.15) is 78.9 Å². The molecule has 0 aromatic heterocycles. The Bertz CT molecular complexity index is 856. The number of aryl methyl sites for hydroxylation is 2. The molecule has 1 fully saturated rings. The highest BCUT2D eigenvalue weighted by atomic mass is 16.6. The molecule has 1 N–H and O–H groups in total. The molecule has 0 saturated heterocycles. The number of carbonyl (C=O) groups excluding carboxylic acids is 1. The number of carbonyl (C=O) groups is 1. The third-order valence-corrected chi connectivity index (χ3v) is 6.42. The van der Waals surface area contributed by atoms with Gasteiger partial charge in [-0.3, -0.25) is 0 Å². The molecule has 0 spiro atoms. The van der Waals surface area contributed by atoms with E-state index in [1.165, 1.54) is 44.8 Å². The molecule has 1 saturated carbocycles. The van der Waals surface area contributed by atoms with Crippen LogP contribution in [0, 0.1) is 12.8 Å². The van der Waals surface area contributed by atoms with Gasteiger partial charge in [0.25, 0.3) is 0 Å². The Morgan fingerprint density at radius 1 is 1.10 bits per heavy atom. The number of esters is 1. The molecule has 0 bridgehead atoms. The molecule has 0 amide bonds. The second-order valence-electron chi connectivity index (χ2n) is 8.67. The molecular formula is C27H37NO3. The van der Waals surface area contributed by atoms with E-state index in [-0.39, 0.29) is 5.97 Å². The molecule has 1 aliphatic carbocycles. The number of hydrogen-bond acceptors (Lipinski definition) is 4. The first-order valence-electron chi connectivity index (χ1n) is 11.8. The van der Waals surface area contributed by atoms with Gasteiger partial charge in [0.1, 0.15) is 0 Å². The quantitative estimate of drug-likeness (QED) is 0.273. The standard InChI is InChI=1S/C27H37NO3/c1-4-5-14-22-16-17-24(27(29)30-3)26(23-15-10-9-11-20(23)2)25(22)18-28-31-19-21-12-7-6-8-13-21/h9-11,15-17,21,28H,4-8,12-14,18-19H2,1-3H3. The van der Waals surface area contributed by atoms with Crippen molar-refractivity contribution in [3.63, 3.8) is 0 Å². The van der Waals surface area contributed by atoms with E-state index in [0.717, 1.165) is 48.1 Å². The van der Waals surface area contributed by atoms with E-state index >= 15 is 0 Å². The molecule has 0 unspecified atom stereocenters. The molecule has 2 aromatic carbocycles. The highest BCUT2D eigenvalue weighted by Crippen LogP contribution is 2.34. The second-order valence-corrected chi connectivity index (χ2v) is 8.67. The minimum absolute atomic E-state index is 0.301. The topological polar surface area (TPSA) is 47.6 Å². The number of hydroxylamine groups is 1. The van der Waals surface area contributed by atoms with Crippen molar-refractivity contribution in [3.8, 4) is 11.1 Å². The summed E-state index contributed by atoms with van der Waals surface area (Å²) in [7, 11) is 1.44. The lowest BCUT2D eigenvalue weighted by atomic mass is 9.87. The van der Waals surface area contributed by atoms with Crippen molar-refractivity contribution < 1.29 is 14.4 Å². The molecule has 168 valence electrons. The molecule has 0 heterocycles. The van der Waals surface area contributed by atoms with Gasteiger partial charge in [0, 0.05) is 12.1 Å². The third-order valence-electron chi connectivity index (χ3n) is 6.42. The first-order chi connectivity index (χ1) is 15.2. The van der Waals surface area contributed by atoms with Gasteiger partial charge in [-0.05, 0) is 66.8 Å². The fraction of sp³-hybridized carbons (Fsp3) is 0.519. The van der Waals surface area contributed by atoms with E-state index in [4.69, 9.17) is 9.57 Å². The fourth-order valence-electron chi connectivity index (χ4n) is 4.59. The highest BCUT2D eigenvalue weighted by Gasteiger charge is 2.21. The first kappa shape index (κ1) is 23.5. The maximum atomic E-state index is 12.7. The van der Waals surface area contributed by atoms with Gasteiger partial charge in [0.05, 0.1) is 19.3 Å². The Labute approximate surface area is 187 Å². The number of benzene rings is 2. The summed E-state index contributed by atoms with van der Waals surface area (Å²) in [5.74, 6) is 0.350. The van der Waals surface area contributed by atoms with Crippen LogP contribution >= 0.6 is 0 Å². The summed E-state index contributed by atoms with van der Waals surface area (Å²) in [5, 5.41) is 0. The van der Waals surface area contributed by atoms with Crippen molar-refractivity contribution in [2.75, 3.05) is 13.7 Å². The van der Waals surface area contributed by atoms with E-state index in [2.05, 4.69) is 37.5 Å². The Morgan fingerprint density at radius 2 is 1.87 bits per heavy atom. The Morgan fingerprint density at radius 3 is 2.58 bits per heavy atom. The third kappa shape index (κ3) is 6.18. The van der Waals surface area contributed by atoms with Crippen LogP contribution in [0.3, 0.4) is 0 Å². The van der Waals surface area contributed by atoms with E-state index in [1.54, 1.807) is 0 Å². The molecule has 0 atom stereocenters. The van der Waals surface area contributed by atoms with E-state index < -0.39 is 0 Å². The van der Waals surface area contributed by atoms with Crippen molar-refractivity contribution >= 4 is 5.97 Å². The first-order valence-corrected chi connectivity index (χ1v) is 11.8. The second kappa shape index (κ2) is 12.0. The number of methoxy groups -OCH3 is 1. The summed E-state index contributed by atoms with van der Waals surface area (Å²) in [6.45, 7) is 5.61. The number of hydrogen-bond donors (Lipinski definition) is 1. The number of ether oxygens (including phenoxy) is 1. The lowest BCUT2D eigenvalue weighted by molar-refractivity contribution is 0.00525. The van der Waals surface area contributed by atoms with Crippen LogP contribution in [0.4, 0.5) is 0 Å². The van der Waals surface area contributed by atoms with Crippen LogP contribution in [-0.4, -0.2) is 19.7 Å². The molecule has 1 aliphatic rings. The van der Waals surface area contributed by atoms with Gasteiger partial charge in [0.2, 0.25) is 0 Å². The van der Waals surface area contributed by atoms with Gasteiger partial charge in [-0.1, -0.05) is 62.9 Å². The van der Waals surface area contributed by atoms with Crippen LogP contribution in [0.2, 0.25) is 0 Å². The Hall–Kier alpha value is -2.17. The predicted molar refractivity (Wildman–Crippen MR) is 126 cm³/mol. The van der Waals surface area contributed by atoms with Gasteiger partial charge < -0.3 is 9.57 Å². The molecule has 4 heteroatoms. The molecule has 2 aromatic rings. The smallest absolute Gasteiger partial charge is 0.338 e. The maximum absolute atomic E-state index is 12.7. The molecule has 31 heavy (non-hydrogen) atoms. The van der Waals surface area contributed by atoms with Crippen LogP contribution in [0.5, 0.6) is 0 Å². The normalized spacial score (nSPS) is 14.5. The zero-order valence-electron chi connectivity index (χ0n) is 19.3. The predicted octanol–water partition coefficient (Wildman–Crippen LogP) is 6.39. The summed E-state index contributed by atoms with van der Waals surface area (Å²) in [6, 6.07) is 12.2. The molecule has 3 rings (SSSR count). The van der Waals surface area contributed by atoms with Crippen molar-refractivity contribution in [1.29, 1.82) is 0 Å². The monoisotopic (exact) mass is 423 g/mol. The van der Waals surface area contributed by atoms with Crippen LogP contribution in [0.25, 0.3) is 11.1 Å². The van der Waals surface area contributed by atoms with Crippen molar-refractivity contribution in [2.24, 2.45) is 5.92 Å². The maximum Gasteiger partial charge on any atom is 0.338 e. The minimum atomic E-state index is -0.301. The van der Waals surface area contributed by atoms with Crippen molar-refractivity contribution in [3.05, 3.63) is 58.7 Å². The molecule has 0 radical (unpaired) electrons. The summed E-state index contributed by atoms with van der Waals surface area (Å²) in [6.07, 6.45) is 9.72. The lowest BCUT2D eigenvalue weighted by Crippen LogP contribution is -2.22. The highest BCUT2D eigenvalue weighted by molar-refractivity contribution is 5.99. The number of nitrogens with one attached hydrogen (secondary N) is 1. The van der Waals surface area contributed by atoms with Gasteiger partial charge in [-0.15, -0.1) is 0 Å². The van der Waals surface area contributed by atoms with Crippen molar-refractivity contribution in [1.82, 2.24) is 5.48 Å². The van der Waals surface area contributed by atoms with Crippen LogP contribution in [-0.2, 0) is 22.5 Å². The van der Waals surface area contributed by atoms with Crippen molar-refractivity contribution in [2.45, 2.75) is 71.8 Å². The van der Waals surface area contributed by atoms with E-state index in [9.17, 15) is 4.79 Å². The number of unbranched alkanes of at least 4 members (excludes halogenated alkanes) is 1. The zero-order chi connectivity index (χ0) is 22.1. The van der Waals surface area contributed by atoms with E-state index in [0.29, 0.717) is 18.0 Å². The average Bonchev–Trinajstić information content (AvgIpc) is 2.81. The molecular weight excluding hydrogens is 386 g/mol. The van der Waals surface area contributed by atoms with Gasteiger partial charge in [-0.25, -0.2) is 4.79 Å².